The number of aromatic nitrogens is 1. The van der Waals surface area contributed by atoms with Crippen molar-refractivity contribution in [2.75, 3.05) is 0 Å². The van der Waals surface area contributed by atoms with E-state index in [2.05, 4.69) is 50.3 Å². The molecular weight excluding hydrogens is 678 g/mol. The number of nitrogens with two attached hydrogens (primary N) is 1. The number of pyridine rings is 1. The molecule has 0 aliphatic heterocycles. The van der Waals surface area contributed by atoms with Crippen molar-refractivity contribution in [2.24, 2.45) is 57.0 Å². The van der Waals surface area contributed by atoms with Crippen LogP contribution in [0.4, 0.5) is 4.39 Å². The highest BCUT2D eigenvalue weighted by Crippen LogP contribution is 2.73. The molecule has 54 heavy (non-hydrogen) atoms. The number of hydrogen-bond donors (Lipinski definition) is 3. The molecule has 0 spiro atoms. The number of rotatable bonds is 6. The second-order valence-corrected chi connectivity index (χ2v) is 18.2. The number of fused-ring (bicyclic) bond motifs is 7. The monoisotopic (exact) mass is 746 g/mol. The van der Waals surface area contributed by atoms with E-state index in [0.717, 1.165) is 53.7 Å². The number of allylic oxidation sites excluding steroid dienone is 1. The van der Waals surface area contributed by atoms with Crippen molar-refractivity contribution in [2.45, 2.75) is 138 Å². The molecule has 1 heterocycles. The summed E-state index contributed by atoms with van der Waals surface area (Å²) in [5, 5.41) is 9.87. The molecule has 7 nitrogen and oxygen atoms in total. The summed E-state index contributed by atoms with van der Waals surface area (Å²) in [5.74, 6) is 3.93. The number of carbonyl (C=O) groups is 3. The molecule has 5 saturated carbocycles. The number of amides is 2. The molecule has 0 radical (unpaired) electrons. The van der Waals surface area contributed by atoms with E-state index in [-0.39, 0.29) is 24.6 Å². The van der Waals surface area contributed by atoms with Gasteiger partial charge in [0, 0.05) is 11.8 Å². The van der Waals surface area contributed by atoms with Crippen molar-refractivity contribution < 1.29 is 23.9 Å². The molecule has 2 amide bonds. The fraction of sp³-hybridized carbons (Fsp3) is 0.652. The van der Waals surface area contributed by atoms with Crippen LogP contribution in [0, 0.1) is 64.0 Å². The Morgan fingerprint density at radius 1 is 0.944 bits per heavy atom. The van der Waals surface area contributed by atoms with Gasteiger partial charge in [0.05, 0.1) is 12.2 Å². The molecule has 4 N–H and O–H groups in total. The van der Waals surface area contributed by atoms with E-state index in [9.17, 15) is 4.79 Å². The maximum atomic E-state index is 15.2. The van der Waals surface area contributed by atoms with Crippen molar-refractivity contribution in [1.82, 2.24) is 10.3 Å². The third kappa shape index (κ3) is 8.94. The van der Waals surface area contributed by atoms with E-state index in [1.807, 2.05) is 38.2 Å². The van der Waals surface area contributed by atoms with Crippen LogP contribution >= 0.6 is 0 Å². The number of benzene rings is 1. The minimum atomic E-state index is -0.250. The zero-order chi connectivity index (χ0) is 39.7. The van der Waals surface area contributed by atoms with Gasteiger partial charge in [-0.05, 0) is 178 Å². The van der Waals surface area contributed by atoms with E-state index in [1.54, 1.807) is 12.1 Å². The zero-order valence-electron chi connectivity index (χ0n) is 34.0. The molecule has 1 aromatic carbocycles. The minimum Gasteiger partial charge on any atom is -0.483 e. The van der Waals surface area contributed by atoms with Crippen LogP contribution in [0.15, 0.2) is 49.2 Å². The average molecular weight is 746 g/mol. The van der Waals surface area contributed by atoms with Gasteiger partial charge in [-0.1, -0.05) is 52.7 Å². The summed E-state index contributed by atoms with van der Waals surface area (Å²) in [6, 6.07) is 8.88. The fourth-order valence-corrected chi connectivity index (χ4v) is 13.1. The summed E-state index contributed by atoms with van der Waals surface area (Å²) in [6.07, 6.45) is 22.3. The molecule has 1 aromatic heterocycles. The highest BCUT2D eigenvalue weighted by Gasteiger charge is 2.65. The highest BCUT2D eigenvalue weighted by molar-refractivity contribution is 5.94. The first-order valence-electron chi connectivity index (χ1n) is 20.5. The van der Waals surface area contributed by atoms with E-state index >= 15 is 4.39 Å². The number of carbonyl (C=O) groups excluding carboxylic acids is 2. The lowest BCUT2D eigenvalue weighted by atomic mass is 9.36. The first-order valence-corrected chi connectivity index (χ1v) is 20.5. The molecule has 8 heteroatoms. The summed E-state index contributed by atoms with van der Waals surface area (Å²) in [5.41, 5.74) is 9.17. The van der Waals surface area contributed by atoms with Crippen LogP contribution < -0.4 is 11.1 Å². The van der Waals surface area contributed by atoms with Gasteiger partial charge in [0.25, 0.3) is 12.4 Å². The molecule has 7 rings (SSSR count). The number of primary amides is 1. The standard InChI is InChI=1S/C41H57FN2O.C3H6.CH3NO.CH2O2/c1-27-9-11-30(43-25-27)26-44-37(45)29-10-13-34(42)28(24-29)15-22-41-20-6-8-33(41)31-12-14-36-39(4,32(31)16-23-41)21-17-35-38(2,3)18-7-19-40(35,36)5;1-3-2;2*2-1-3/h9-11,13,24-25,31-33,35-36H,6-8,12,14-23,26H2,1-5H3,(H,44,45);3H,1H2,2H3;1H,(H2,2,3);1H,(H,2,3). The van der Waals surface area contributed by atoms with Gasteiger partial charge in [-0.2, -0.15) is 0 Å². The third-order valence-corrected chi connectivity index (χ3v) is 15.0. The highest BCUT2D eigenvalue weighted by atomic mass is 19.1. The van der Waals surface area contributed by atoms with Gasteiger partial charge in [0.1, 0.15) is 5.82 Å². The summed E-state index contributed by atoms with van der Waals surface area (Å²) in [7, 11) is 0. The Labute approximate surface area is 324 Å². The summed E-state index contributed by atoms with van der Waals surface area (Å²) < 4.78 is 15.2. The SMILES string of the molecule is C=CC.Cc1ccc(CNC(=O)c2ccc(F)c(CCC34CCCC3C3CCC5C(C)(CCC6C(C)(C)CCCC65C)C3CC4)c2)nc1.NC=O.O=CO. The largest absolute Gasteiger partial charge is 0.483 e. The minimum absolute atomic E-state index is 0.161. The molecule has 5 fully saturated rings. The van der Waals surface area contributed by atoms with Crippen LogP contribution in [-0.4, -0.2) is 28.9 Å². The van der Waals surface area contributed by atoms with Crippen LogP contribution in [0.3, 0.4) is 0 Å². The number of halogens is 1. The molecule has 8 unspecified atom stereocenters. The van der Waals surface area contributed by atoms with Crippen LogP contribution in [0.1, 0.15) is 145 Å². The Bertz CT molecular complexity index is 1560. The van der Waals surface area contributed by atoms with Crippen LogP contribution in [0.5, 0.6) is 0 Å². The van der Waals surface area contributed by atoms with Gasteiger partial charge >= 0.3 is 0 Å². The Balaban J connectivity index is 0.000000659. The van der Waals surface area contributed by atoms with Crippen LogP contribution in [0.2, 0.25) is 0 Å². The molecule has 2 aromatic rings. The number of nitrogens with one attached hydrogen (secondary N) is 1. The average Bonchev–Trinajstić information content (AvgIpc) is 3.56. The second-order valence-electron chi connectivity index (χ2n) is 18.2. The van der Waals surface area contributed by atoms with Gasteiger partial charge in [-0.25, -0.2) is 4.39 Å². The summed E-state index contributed by atoms with van der Waals surface area (Å²) in [6.45, 7) is 18.0. The number of nitrogens with zero attached hydrogens (tertiary/aromatic N) is 1. The lowest BCUT2D eigenvalue weighted by Crippen LogP contribution is -2.61. The van der Waals surface area contributed by atoms with Crippen molar-refractivity contribution in [3.8, 4) is 0 Å². The first-order chi connectivity index (χ1) is 25.7. The zero-order valence-corrected chi connectivity index (χ0v) is 34.0. The predicted octanol–water partition coefficient (Wildman–Crippen LogP) is 10.2. The molecule has 298 valence electrons. The predicted molar refractivity (Wildman–Crippen MR) is 215 cm³/mol. The van der Waals surface area contributed by atoms with Gasteiger partial charge in [-0.3, -0.25) is 19.4 Å². The van der Waals surface area contributed by atoms with Crippen molar-refractivity contribution >= 4 is 18.8 Å². The maximum absolute atomic E-state index is 15.2. The van der Waals surface area contributed by atoms with E-state index < -0.39 is 0 Å². The lowest BCUT2D eigenvalue weighted by molar-refractivity contribution is -0.195. The first kappa shape index (κ1) is 43.2. The van der Waals surface area contributed by atoms with Gasteiger partial charge < -0.3 is 16.2 Å². The third-order valence-electron chi connectivity index (χ3n) is 15.0. The molecule has 0 saturated heterocycles. The maximum Gasteiger partial charge on any atom is 0.290 e. The van der Waals surface area contributed by atoms with Gasteiger partial charge in [-0.15, -0.1) is 6.58 Å². The Morgan fingerprint density at radius 2 is 1.65 bits per heavy atom. The number of carboxylic acid groups (broad SMARTS) is 1. The molecule has 0 bridgehead atoms. The number of hydrogen-bond acceptors (Lipinski definition) is 4. The molecular formula is C46H68FN3O4. The Morgan fingerprint density at radius 3 is 2.31 bits per heavy atom. The summed E-state index contributed by atoms with van der Waals surface area (Å²) >= 11 is 0. The Hall–Kier alpha value is -3.55. The second kappa shape index (κ2) is 18.4. The normalized spacial score (nSPS) is 32.7. The van der Waals surface area contributed by atoms with E-state index in [4.69, 9.17) is 14.7 Å². The molecule has 5 aliphatic rings. The van der Waals surface area contributed by atoms with E-state index in [0.29, 0.717) is 39.3 Å². The van der Waals surface area contributed by atoms with Gasteiger partial charge in [0.2, 0.25) is 6.41 Å². The quantitative estimate of drug-likeness (QED) is 0.201. The topological polar surface area (TPSA) is 122 Å². The Kier molecular flexibility index (Phi) is 14.7. The fourth-order valence-electron chi connectivity index (χ4n) is 13.1. The number of aryl methyl sites for hydroxylation is 2. The lowest BCUT2D eigenvalue weighted by Gasteiger charge is -2.68. The van der Waals surface area contributed by atoms with Crippen molar-refractivity contribution in [3.63, 3.8) is 0 Å². The van der Waals surface area contributed by atoms with Crippen LogP contribution in [0.25, 0.3) is 0 Å². The van der Waals surface area contributed by atoms with Crippen LogP contribution in [-0.2, 0) is 22.6 Å². The smallest absolute Gasteiger partial charge is 0.290 e. The summed E-state index contributed by atoms with van der Waals surface area (Å²) in [4.78, 5) is 34.4. The van der Waals surface area contributed by atoms with Gasteiger partial charge in [0.15, 0.2) is 0 Å². The van der Waals surface area contributed by atoms with Crippen molar-refractivity contribution in [1.29, 1.82) is 0 Å². The molecule has 5 aliphatic carbocycles. The van der Waals surface area contributed by atoms with Crippen molar-refractivity contribution in [3.05, 3.63) is 77.4 Å². The molecule has 8 atom stereocenters. The van der Waals surface area contributed by atoms with E-state index in [1.165, 1.54) is 83.1 Å².